The highest BCUT2D eigenvalue weighted by molar-refractivity contribution is 8.00. The summed E-state index contributed by atoms with van der Waals surface area (Å²) < 4.78 is 5.08. The second kappa shape index (κ2) is 8.17. The Kier molecular flexibility index (Phi) is 6.24. The summed E-state index contributed by atoms with van der Waals surface area (Å²) in [5, 5.41) is -0.177. The molecule has 1 aromatic rings. The molecule has 2 heterocycles. The fourth-order valence-corrected chi connectivity index (χ4v) is 3.50. The molecule has 5 nitrogen and oxygen atoms in total. The predicted octanol–water partition coefficient (Wildman–Crippen LogP) is 2.36. The third-order valence-electron chi connectivity index (χ3n) is 3.66. The van der Waals surface area contributed by atoms with Crippen LogP contribution in [0.3, 0.4) is 0 Å². The molecule has 0 radical (unpaired) electrons. The number of nitrogens with zero attached hydrogens (tertiary/aromatic N) is 2. The zero-order chi connectivity index (χ0) is 15.9. The van der Waals surface area contributed by atoms with E-state index in [1.165, 1.54) is 11.8 Å². The van der Waals surface area contributed by atoms with Gasteiger partial charge >= 0.3 is 5.97 Å². The van der Waals surface area contributed by atoms with Gasteiger partial charge < -0.3 is 9.64 Å². The minimum Gasteiger partial charge on any atom is -0.466 e. The molecule has 0 N–H and O–H groups in total. The van der Waals surface area contributed by atoms with E-state index in [1.807, 2.05) is 19.1 Å². The van der Waals surface area contributed by atoms with Gasteiger partial charge in [0.15, 0.2) is 0 Å². The molecule has 0 aromatic carbocycles. The Morgan fingerprint density at radius 2 is 2.18 bits per heavy atom. The molecule has 120 valence electrons. The van der Waals surface area contributed by atoms with E-state index < -0.39 is 0 Å². The molecule has 22 heavy (non-hydrogen) atoms. The van der Waals surface area contributed by atoms with Crippen molar-refractivity contribution in [1.29, 1.82) is 0 Å². The number of aromatic nitrogens is 1. The number of likely N-dealkylation sites (tertiary alicyclic amines) is 1. The van der Waals surface area contributed by atoms with E-state index in [9.17, 15) is 9.59 Å². The molecule has 0 aliphatic carbocycles. The number of carbonyl (C=O) groups excluding carboxylic acids is 2. The molecule has 1 aromatic heterocycles. The number of amides is 1. The van der Waals surface area contributed by atoms with Crippen LogP contribution in [0.25, 0.3) is 0 Å². The minimum atomic E-state index is -0.186. The van der Waals surface area contributed by atoms with E-state index in [1.54, 1.807) is 24.2 Å². The smallest absolute Gasteiger partial charge is 0.310 e. The van der Waals surface area contributed by atoms with Gasteiger partial charge in [0.25, 0.3) is 0 Å². The maximum Gasteiger partial charge on any atom is 0.310 e. The van der Waals surface area contributed by atoms with Gasteiger partial charge in [0.05, 0.1) is 17.8 Å². The molecule has 0 saturated carbocycles. The van der Waals surface area contributed by atoms with Crippen molar-refractivity contribution in [2.75, 3.05) is 19.7 Å². The third-order valence-corrected chi connectivity index (χ3v) is 4.76. The number of thioether (sulfide) groups is 1. The van der Waals surface area contributed by atoms with Gasteiger partial charge in [-0.05, 0) is 38.8 Å². The molecule has 1 saturated heterocycles. The van der Waals surface area contributed by atoms with Crippen molar-refractivity contribution >= 4 is 23.6 Å². The molecule has 0 spiro atoms. The minimum absolute atomic E-state index is 0.0795. The third kappa shape index (κ3) is 4.47. The van der Waals surface area contributed by atoms with Crippen molar-refractivity contribution in [3.05, 3.63) is 24.5 Å². The predicted molar refractivity (Wildman–Crippen MR) is 85.5 cm³/mol. The molecule has 6 heteroatoms. The summed E-state index contributed by atoms with van der Waals surface area (Å²) in [6.07, 6.45) is 5.09. The summed E-state index contributed by atoms with van der Waals surface area (Å²) in [7, 11) is 0. The van der Waals surface area contributed by atoms with Crippen LogP contribution in [0.15, 0.2) is 29.4 Å². The Bertz CT molecular complexity index is 509. The van der Waals surface area contributed by atoms with E-state index in [-0.39, 0.29) is 23.0 Å². The summed E-state index contributed by atoms with van der Waals surface area (Å²) in [5.41, 5.74) is 0. The molecule has 1 amide bonds. The van der Waals surface area contributed by atoms with Crippen LogP contribution in [0.5, 0.6) is 0 Å². The number of hydrogen-bond acceptors (Lipinski definition) is 5. The van der Waals surface area contributed by atoms with Crippen LogP contribution in [0, 0.1) is 5.92 Å². The summed E-state index contributed by atoms with van der Waals surface area (Å²) in [5.74, 6) is -0.291. The first-order chi connectivity index (χ1) is 10.6. The fourth-order valence-electron chi connectivity index (χ4n) is 2.56. The lowest BCUT2D eigenvalue weighted by Gasteiger charge is -2.33. The Balaban J connectivity index is 1.92. The lowest BCUT2D eigenvalue weighted by Crippen LogP contribution is -2.45. The topological polar surface area (TPSA) is 59.5 Å². The average Bonchev–Trinajstić information content (AvgIpc) is 2.55. The quantitative estimate of drug-likeness (QED) is 0.615. The number of piperidine rings is 1. The first-order valence-corrected chi connectivity index (χ1v) is 8.52. The monoisotopic (exact) mass is 322 g/mol. The molecular weight excluding hydrogens is 300 g/mol. The first-order valence-electron chi connectivity index (χ1n) is 7.64. The van der Waals surface area contributed by atoms with Crippen LogP contribution in [-0.2, 0) is 14.3 Å². The maximum atomic E-state index is 12.6. The Labute approximate surface area is 135 Å². The van der Waals surface area contributed by atoms with Crippen LogP contribution in [0.4, 0.5) is 0 Å². The van der Waals surface area contributed by atoms with Gasteiger partial charge in [0.2, 0.25) is 5.91 Å². The lowest BCUT2D eigenvalue weighted by atomic mass is 9.98. The zero-order valence-corrected chi connectivity index (χ0v) is 13.8. The summed E-state index contributed by atoms with van der Waals surface area (Å²) >= 11 is 1.52. The molecule has 0 bridgehead atoms. The van der Waals surface area contributed by atoms with Crippen molar-refractivity contribution in [3.63, 3.8) is 0 Å². The number of carbonyl (C=O) groups is 2. The van der Waals surface area contributed by atoms with Crippen LogP contribution in [0.1, 0.15) is 26.7 Å². The highest BCUT2D eigenvalue weighted by atomic mass is 32.2. The largest absolute Gasteiger partial charge is 0.466 e. The van der Waals surface area contributed by atoms with Crippen LogP contribution < -0.4 is 0 Å². The molecule has 1 aliphatic rings. The van der Waals surface area contributed by atoms with Gasteiger partial charge in [-0.15, -0.1) is 11.8 Å². The van der Waals surface area contributed by atoms with Crippen molar-refractivity contribution < 1.29 is 14.3 Å². The van der Waals surface area contributed by atoms with Crippen LogP contribution in [-0.4, -0.2) is 46.7 Å². The number of hydrogen-bond donors (Lipinski definition) is 0. The van der Waals surface area contributed by atoms with Gasteiger partial charge in [-0.2, -0.15) is 0 Å². The van der Waals surface area contributed by atoms with Gasteiger partial charge in [0, 0.05) is 30.4 Å². The van der Waals surface area contributed by atoms with E-state index in [0.29, 0.717) is 13.2 Å². The van der Waals surface area contributed by atoms with Crippen LogP contribution in [0.2, 0.25) is 0 Å². The molecule has 1 aliphatic heterocycles. The molecule has 2 rings (SSSR count). The summed E-state index contributed by atoms with van der Waals surface area (Å²) in [6.45, 7) is 5.28. The fraction of sp³-hybridized carbons (Fsp3) is 0.562. The lowest BCUT2D eigenvalue weighted by molar-refractivity contribution is -0.151. The molecule has 2 unspecified atom stereocenters. The van der Waals surface area contributed by atoms with E-state index >= 15 is 0 Å². The number of ether oxygens (including phenoxy) is 1. The Hall–Kier alpha value is -1.56. The highest BCUT2D eigenvalue weighted by Crippen LogP contribution is 2.26. The highest BCUT2D eigenvalue weighted by Gasteiger charge is 2.31. The summed E-state index contributed by atoms with van der Waals surface area (Å²) in [6, 6.07) is 3.79. The standard InChI is InChI=1S/C16H22N2O3S/c1-3-21-16(20)13-5-4-10-18(11-13)15(19)12(2)22-14-6-8-17-9-7-14/h6-9,12-13H,3-5,10-11H2,1-2H3. The van der Waals surface area contributed by atoms with E-state index in [0.717, 1.165) is 24.3 Å². The normalized spacial score (nSPS) is 19.5. The van der Waals surface area contributed by atoms with Gasteiger partial charge in [0.1, 0.15) is 0 Å². The van der Waals surface area contributed by atoms with Crippen molar-refractivity contribution in [2.24, 2.45) is 5.92 Å². The SMILES string of the molecule is CCOC(=O)C1CCCN(C(=O)C(C)Sc2ccncc2)C1. The molecular formula is C16H22N2O3S. The summed E-state index contributed by atoms with van der Waals surface area (Å²) in [4.78, 5) is 31.2. The Morgan fingerprint density at radius 3 is 2.86 bits per heavy atom. The zero-order valence-electron chi connectivity index (χ0n) is 13.0. The number of pyridine rings is 1. The molecule has 2 atom stereocenters. The number of rotatable bonds is 5. The number of esters is 1. The first kappa shape index (κ1) is 16.8. The second-order valence-corrected chi connectivity index (χ2v) is 6.73. The second-order valence-electron chi connectivity index (χ2n) is 5.32. The van der Waals surface area contributed by atoms with Gasteiger partial charge in [-0.1, -0.05) is 0 Å². The van der Waals surface area contributed by atoms with Crippen molar-refractivity contribution in [3.8, 4) is 0 Å². The molecule has 1 fully saturated rings. The van der Waals surface area contributed by atoms with E-state index in [2.05, 4.69) is 4.98 Å². The van der Waals surface area contributed by atoms with Crippen molar-refractivity contribution in [1.82, 2.24) is 9.88 Å². The van der Waals surface area contributed by atoms with E-state index in [4.69, 9.17) is 4.74 Å². The van der Waals surface area contributed by atoms with Gasteiger partial charge in [-0.3, -0.25) is 14.6 Å². The average molecular weight is 322 g/mol. The van der Waals surface area contributed by atoms with Gasteiger partial charge in [-0.25, -0.2) is 0 Å². The van der Waals surface area contributed by atoms with Crippen molar-refractivity contribution in [2.45, 2.75) is 36.8 Å². The Morgan fingerprint density at radius 1 is 1.45 bits per heavy atom. The maximum absolute atomic E-state index is 12.6. The van der Waals surface area contributed by atoms with Crippen LogP contribution >= 0.6 is 11.8 Å².